The number of nitrogens with one attached hydrogen (secondary N) is 1. The summed E-state index contributed by atoms with van der Waals surface area (Å²) >= 11 is 0. The van der Waals surface area contributed by atoms with Crippen LogP contribution >= 0.6 is 0 Å². The van der Waals surface area contributed by atoms with Crippen LogP contribution in [0.25, 0.3) is 0 Å². The summed E-state index contributed by atoms with van der Waals surface area (Å²) in [5, 5.41) is 2.41. The molecule has 3 unspecified atom stereocenters. The Morgan fingerprint density at radius 3 is 2.58 bits per heavy atom. The van der Waals surface area contributed by atoms with Gasteiger partial charge in [0.05, 0.1) is 11.7 Å². The van der Waals surface area contributed by atoms with Crippen molar-refractivity contribution in [1.29, 1.82) is 0 Å². The molecule has 0 radical (unpaired) electrons. The van der Waals surface area contributed by atoms with Gasteiger partial charge in [-0.3, -0.25) is 13.9 Å². The molecule has 3 fully saturated rings. The van der Waals surface area contributed by atoms with Crippen LogP contribution in [0.4, 0.5) is 8.78 Å². The van der Waals surface area contributed by atoms with Crippen molar-refractivity contribution in [3.63, 3.8) is 0 Å². The van der Waals surface area contributed by atoms with Crippen LogP contribution < -0.4 is 11.1 Å². The van der Waals surface area contributed by atoms with Gasteiger partial charge in [-0.1, -0.05) is 18.2 Å². The van der Waals surface area contributed by atoms with Crippen LogP contribution in [-0.4, -0.2) is 63.6 Å². The van der Waals surface area contributed by atoms with E-state index >= 15 is 0 Å². The maximum atomic E-state index is 14.2. The molecule has 1 aromatic carbocycles. The highest BCUT2D eigenvalue weighted by molar-refractivity contribution is 8.01. The number of nitrogens with two attached hydrogens (primary N) is 1. The van der Waals surface area contributed by atoms with E-state index in [1.54, 1.807) is 6.07 Å². The molecule has 1 amide bonds. The molecule has 0 aromatic heterocycles. The van der Waals surface area contributed by atoms with Gasteiger partial charge in [-0.25, -0.2) is 8.78 Å². The number of hydrogen-bond acceptors (Lipinski definition) is 5. The maximum absolute atomic E-state index is 14.2. The molecule has 9 heteroatoms. The second-order valence-electron chi connectivity index (χ2n) is 9.17. The first-order valence-corrected chi connectivity index (χ1v) is 12.6. The van der Waals surface area contributed by atoms with Crippen molar-refractivity contribution < 1.29 is 22.5 Å². The van der Waals surface area contributed by atoms with Crippen LogP contribution in [0.15, 0.2) is 29.2 Å². The van der Waals surface area contributed by atoms with Crippen LogP contribution in [0.3, 0.4) is 0 Å². The van der Waals surface area contributed by atoms with Gasteiger partial charge in [0.2, 0.25) is 5.91 Å². The number of carbonyl (C=O) groups excluding carboxylic acids is 1. The molecule has 6 nitrogen and oxygen atoms in total. The van der Waals surface area contributed by atoms with Crippen molar-refractivity contribution in [2.75, 3.05) is 19.8 Å². The van der Waals surface area contributed by atoms with E-state index in [9.17, 15) is 17.8 Å². The highest BCUT2D eigenvalue weighted by atomic mass is 32.2. The Morgan fingerprint density at radius 2 is 1.97 bits per heavy atom. The fourth-order valence-corrected chi connectivity index (χ4v) is 6.87. The number of rotatable bonds is 6. The zero-order valence-electron chi connectivity index (χ0n) is 17.8. The van der Waals surface area contributed by atoms with E-state index in [0.29, 0.717) is 26.2 Å². The molecule has 172 valence electrons. The Kier molecular flexibility index (Phi) is 5.91. The largest absolute Gasteiger partial charge is 0.381 e. The molecule has 0 bridgehead atoms. The topological polar surface area (TPSA) is 84.7 Å². The lowest BCUT2D eigenvalue weighted by Gasteiger charge is -2.35. The van der Waals surface area contributed by atoms with E-state index < -0.39 is 32.4 Å². The maximum Gasteiger partial charge on any atom is 0.271 e. The number of likely N-dealkylation sites (tertiary alicyclic amines) is 1. The van der Waals surface area contributed by atoms with E-state index in [4.69, 9.17) is 10.5 Å². The summed E-state index contributed by atoms with van der Waals surface area (Å²) in [5.41, 5.74) is 5.18. The van der Waals surface area contributed by atoms with E-state index in [0.717, 1.165) is 32.6 Å². The van der Waals surface area contributed by atoms with Crippen LogP contribution in [-0.2, 0) is 25.0 Å². The summed E-state index contributed by atoms with van der Waals surface area (Å²) in [5.74, 6) is 0.627. The second kappa shape index (κ2) is 8.10. The van der Waals surface area contributed by atoms with E-state index in [-0.39, 0.29) is 22.4 Å². The van der Waals surface area contributed by atoms with Crippen LogP contribution in [0.1, 0.15) is 44.6 Å². The average Bonchev–Trinajstić information content (AvgIpc) is 3.27. The molecule has 4 rings (SSSR count). The number of hydrogen-bond donors (Lipinski definition) is 2. The van der Waals surface area contributed by atoms with Crippen molar-refractivity contribution >= 4 is 21.3 Å². The van der Waals surface area contributed by atoms with Gasteiger partial charge >= 0.3 is 0 Å². The number of halogens is 2. The summed E-state index contributed by atoms with van der Waals surface area (Å²) in [4.78, 5) is 15.2. The second-order valence-corrected chi connectivity index (χ2v) is 11.7. The minimum absolute atomic E-state index is 0.0815. The summed E-state index contributed by atoms with van der Waals surface area (Å²) in [6.45, 7) is 2.38. The molecule has 3 N–H and O–H groups in total. The predicted octanol–water partition coefficient (Wildman–Crippen LogP) is 2.06. The molecule has 1 saturated carbocycles. The van der Waals surface area contributed by atoms with Gasteiger partial charge in [-0.05, 0) is 44.0 Å². The van der Waals surface area contributed by atoms with E-state index in [1.807, 2.05) is 0 Å². The molecule has 2 heterocycles. The number of carbonyl (C=O) groups is 1. The Bertz CT molecular complexity index is 938. The number of amides is 1. The van der Waals surface area contributed by atoms with E-state index in [2.05, 4.69) is 16.1 Å². The average molecular weight is 456 g/mol. The van der Waals surface area contributed by atoms with Crippen LogP contribution in [0, 0.1) is 0 Å². The van der Waals surface area contributed by atoms with Crippen molar-refractivity contribution in [1.82, 2.24) is 10.2 Å². The molecular weight excluding hydrogens is 424 g/mol. The zero-order valence-corrected chi connectivity index (χ0v) is 18.6. The van der Waals surface area contributed by atoms with Gasteiger partial charge < -0.3 is 15.8 Å². The van der Waals surface area contributed by atoms with Gasteiger partial charge in [0.15, 0.2) is 0 Å². The van der Waals surface area contributed by atoms with Gasteiger partial charge in [0.25, 0.3) is 5.92 Å². The summed E-state index contributed by atoms with van der Waals surface area (Å²) in [6, 6.07) is 5.51. The monoisotopic (exact) mass is 455 g/mol. The first-order valence-electron chi connectivity index (χ1n) is 10.8. The highest BCUT2D eigenvalue weighted by Gasteiger charge is 2.48. The summed E-state index contributed by atoms with van der Waals surface area (Å²) in [7, 11) is -3.08. The zero-order chi connectivity index (χ0) is 22.4. The number of ether oxygens (including phenoxy) is 1. The smallest absolute Gasteiger partial charge is 0.271 e. The molecule has 2 aliphatic heterocycles. The standard InChI is InChI=1S/C22H31F2N3O3S/c1-21(23,24)17-5-3-4-6-19(17)31(2,29)16-13-18(20(28)26-22(25)9-10-22)27(14-16)15-7-11-30-12-8-15/h3-6,15-16,18H,2,7-14,25H2,1H3,(H,26,28). The van der Waals surface area contributed by atoms with Crippen LogP contribution in [0.2, 0.25) is 0 Å². The highest BCUT2D eigenvalue weighted by Crippen LogP contribution is 2.38. The lowest BCUT2D eigenvalue weighted by atomic mass is 10.1. The molecule has 1 aromatic rings. The number of alkyl halides is 2. The molecule has 2 saturated heterocycles. The molecular formula is C22H31F2N3O3S. The molecule has 3 aliphatic rings. The van der Waals surface area contributed by atoms with Crippen molar-refractivity contribution in [3.8, 4) is 0 Å². The normalized spacial score (nSPS) is 28.8. The minimum atomic E-state index is -3.13. The Labute approximate surface area is 182 Å². The minimum Gasteiger partial charge on any atom is -0.381 e. The third-order valence-corrected chi connectivity index (χ3v) is 9.21. The van der Waals surface area contributed by atoms with E-state index in [1.165, 1.54) is 18.2 Å². The van der Waals surface area contributed by atoms with Gasteiger partial charge in [-0.2, -0.15) is 0 Å². The lowest BCUT2D eigenvalue weighted by molar-refractivity contribution is -0.127. The number of nitrogens with zero attached hydrogens (tertiary/aromatic N) is 1. The quantitative estimate of drug-likeness (QED) is 0.507. The Balaban J connectivity index is 1.63. The van der Waals surface area contributed by atoms with Gasteiger partial charge in [0, 0.05) is 58.0 Å². The Hall–Kier alpha value is -1.55. The Morgan fingerprint density at radius 1 is 1.32 bits per heavy atom. The first kappa shape index (κ1) is 22.6. The van der Waals surface area contributed by atoms with Crippen LogP contribution in [0.5, 0.6) is 0 Å². The van der Waals surface area contributed by atoms with Gasteiger partial charge in [0.1, 0.15) is 0 Å². The SMILES string of the molecule is C=S(=O)(c1ccccc1C(C)(F)F)C1CC(C(=O)NC2(N)CC2)N(C2CCOCC2)C1. The molecule has 0 spiro atoms. The van der Waals surface area contributed by atoms with Crippen molar-refractivity contribution in [3.05, 3.63) is 29.8 Å². The summed E-state index contributed by atoms with van der Waals surface area (Å²) in [6.07, 6.45) is 3.30. The van der Waals surface area contributed by atoms with Gasteiger partial charge in [-0.15, -0.1) is 0 Å². The predicted molar refractivity (Wildman–Crippen MR) is 117 cm³/mol. The third-order valence-electron chi connectivity index (χ3n) is 6.69. The van der Waals surface area contributed by atoms with Crippen molar-refractivity contribution in [2.24, 2.45) is 5.73 Å². The van der Waals surface area contributed by atoms with Crippen molar-refractivity contribution in [2.45, 2.75) is 72.8 Å². The molecule has 31 heavy (non-hydrogen) atoms. The fourth-order valence-electron chi connectivity index (χ4n) is 4.67. The summed E-state index contributed by atoms with van der Waals surface area (Å²) < 4.78 is 47.8. The molecule has 3 atom stereocenters. The fraction of sp³-hybridized carbons (Fsp3) is 0.636. The number of benzene rings is 1. The lowest BCUT2D eigenvalue weighted by Crippen LogP contribution is -2.54. The third kappa shape index (κ3) is 4.65. The molecule has 1 aliphatic carbocycles. The first-order chi connectivity index (χ1) is 14.5.